The number of hydrogen-bond donors (Lipinski definition) is 0. The molecule has 1 aromatic heterocycles. The predicted octanol–water partition coefficient (Wildman–Crippen LogP) is 3.47. The summed E-state index contributed by atoms with van der Waals surface area (Å²) in [4.78, 5) is 11.3. The molecule has 0 aliphatic carbocycles. The Morgan fingerprint density at radius 3 is 2.25 bits per heavy atom. The molecule has 1 aromatic carbocycles. The Labute approximate surface area is 116 Å². The first-order chi connectivity index (χ1) is 9.16. The van der Waals surface area contributed by atoms with E-state index in [9.17, 15) is 22.1 Å². The second-order valence-electron chi connectivity index (χ2n) is 4.21. The standard InChI is InChI=1S/C12H13O2S.BF4/c1-15(2)8-9-7-12(13)14-11-6-4-3-5-10(9)11;2-1(3,4)5/h3-7H,8H2,1-2H3;/q+1;-1. The van der Waals surface area contributed by atoms with Gasteiger partial charge in [0.1, 0.15) is 11.3 Å². The third-order valence-electron chi connectivity index (χ3n) is 2.18. The van der Waals surface area contributed by atoms with Crippen LogP contribution in [0.3, 0.4) is 0 Å². The Morgan fingerprint density at radius 1 is 1.15 bits per heavy atom. The zero-order chi connectivity index (χ0) is 15.3. The van der Waals surface area contributed by atoms with Crippen LogP contribution in [0.2, 0.25) is 0 Å². The lowest BCUT2D eigenvalue weighted by atomic mass is 10.1. The van der Waals surface area contributed by atoms with Crippen molar-refractivity contribution < 1.29 is 21.7 Å². The molecule has 2 nitrogen and oxygen atoms in total. The summed E-state index contributed by atoms with van der Waals surface area (Å²) in [6.45, 7) is 0. The van der Waals surface area contributed by atoms with Crippen molar-refractivity contribution in [3.8, 4) is 0 Å². The van der Waals surface area contributed by atoms with Crippen LogP contribution in [-0.2, 0) is 16.6 Å². The zero-order valence-electron chi connectivity index (χ0n) is 10.9. The van der Waals surface area contributed by atoms with E-state index in [0.717, 1.165) is 16.7 Å². The van der Waals surface area contributed by atoms with E-state index in [0.29, 0.717) is 5.58 Å². The molecule has 0 atom stereocenters. The van der Waals surface area contributed by atoms with Crippen molar-refractivity contribution in [2.45, 2.75) is 5.75 Å². The molecule has 0 spiro atoms. The first-order valence-corrected chi connectivity index (χ1v) is 7.81. The second kappa shape index (κ2) is 6.83. The molecule has 0 fully saturated rings. The summed E-state index contributed by atoms with van der Waals surface area (Å²) >= 11 is 0. The van der Waals surface area contributed by atoms with Crippen LogP contribution in [0.15, 0.2) is 39.5 Å². The molecule has 0 bridgehead atoms. The van der Waals surface area contributed by atoms with Gasteiger partial charge in [-0.3, -0.25) is 0 Å². The topological polar surface area (TPSA) is 30.2 Å². The van der Waals surface area contributed by atoms with Gasteiger partial charge in [0.05, 0.1) is 12.5 Å². The Kier molecular flexibility index (Phi) is 5.68. The monoisotopic (exact) mass is 308 g/mol. The molecule has 0 N–H and O–H groups in total. The van der Waals surface area contributed by atoms with E-state index in [1.165, 1.54) is 0 Å². The first-order valence-electron chi connectivity index (χ1n) is 5.60. The SMILES string of the molecule is C[S+](C)Cc1cc(=O)oc2ccccc12.F[B-](F)(F)F. The van der Waals surface area contributed by atoms with E-state index in [1.807, 2.05) is 24.3 Å². The molecule has 0 unspecified atom stereocenters. The normalized spacial score (nSPS) is 11.3. The Bertz CT molecular complexity index is 619. The number of rotatable bonds is 2. The highest BCUT2D eigenvalue weighted by Crippen LogP contribution is 2.18. The summed E-state index contributed by atoms with van der Waals surface area (Å²) in [7, 11) is -5.71. The lowest BCUT2D eigenvalue weighted by Gasteiger charge is -2.02. The number of fused-ring (bicyclic) bond motifs is 1. The number of para-hydroxylation sites is 1. The van der Waals surface area contributed by atoms with Crippen LogP contribution in [0.1, 0.15) is 5.56 Å². The molecular formula is C12H13BF4O2S. The summed E-state index contributed by atoms with van der Waals surface area (Å²) in [5, 5.41) is 1.05. The van der Waals surface area contributed by atoms with Crippen molar-refractivity contribution in [3.05, 3.63) is 46.3 Å². The minimum Gasteiger partial charge on any atom is -0.423 e. The summed E-state index contributed by atoms with van der Waals surface area (Å²) in [6.07, 6.45) is 4.34. The maximum atomic E-state index is 11.3. The van der Waals surface area contributed by atoms with Crippen LogP contribution in [0.25, 0.3) is 11.0 Å². The van der Waals surface area contributed by atoms with Gasteiger partial charge in [0.15, 0.2) is 0 Å². The molecule has 0 amide bonds. The van der Waals surface area contributed by atoms with E-state index in [-0.39, 0.29) is 16.5 Å². The molecule has 20 heavy (non-hydrogen) atoms. The minimum absolute atomic E-state index is 0.255. The molecule has 0 saturated carbocycles. The molecule has 0 aliphatic rings. The average Bonchev–Trinajstić information content (AvgIpc) is 2.25. The van der Waals surface area contributed by atoms with Crippen LogP contribution >= 0.6 is 0 Å². The second-order valence-corrected chi connectivity index (χ2v) is 6.47. The molecule has 8 heteroatoms. The molecule has 110 valence electrons. The Morgan fingerprint density at radius 2 is 1.70 bits per heavy atom. The molecule has 2 rings (SSSR count). The maximum Gasteiger partial charge on any atom is 0.673 e. The zero-order valence-corrected chi connectivity index (χ0v) is 11.7. The highest BCUT2D eigenvalue weighted by molar-refractivity contribution is 7.94. The van der Waals surface area contributed by atoms with Gasteiger partial charge in [0.25, 0.3) is 0 Å². The Balaban J connectivity index is 0.000000347. The highest BCUT2D eigenvalue weighted by atomic mass is 32.2. The number of halogens is 4. The van der Waals surface area contributed by atoms with Gasteiger partial charge in [0.2, 0.25) is 0 Å². The molecule has 0 saturated heterocycles. The molecule has 0 radical (unpaired) electrons. The van der Waals surface area contributed by atoms with Gasteiger partial charge < -0.3 is 21.7 Å². The van der Waals surface area contributed by atoms with Gasteiger partial charge in [-0.1, -0.05) is 18.2 Å². The summed E-state index contributed by atoms with van der Waals surface area (Å²) in [5.74, 6) is 0.937. The van der Waals surface area contributed by atoms with Crippen LogP contribution in [0.4, 0.5) is 17.3 Å². The van der Waals surface area contributed by atoms with Gasteiger partial charge in [-0.05, 0) is 17.0 Å². The van der Waals surface area contributed by atoms with Crippen molar-refractivity contribution >= 4 is 29.1 Å². The third-order valence-corrected chi connectivity index (χ3v) is 3.07. The van der Waals surface area contributed by atoms with Gasteiger partial charge in [-0.2, -0.15) is 0 Å². The van der Waals surface area contributed by atoms with Gasteiger partial charge in [0, 0.05) is 17.0 Å². The fourth-order valence-corrected chi connectivity index (χ4v) is 2.47. The van der Waals surface area contributed by atoms with Gasteiger partial charge in [-0.15, -0.1) is 0 Å². The Hall–Kier alpha value is -1.44. The largest absolute Gasteiger partial charge is 0.673 e. The number of benzene rings is 1. The maximum absolute atomic E-state index is 11.3. The molecule has 0 aliphatic heterocycles. The fraction of sp³-hybridized carbons (Fsp3) is 0.250. The van der Waals surface area contributed by atoms with Crippen LogP contribution in [-0.4, -0.2) is 19.8 Å². The third kappa shape index (κ3) is 6.14. The summed E-state index contributed by atoms with van der Waals surface area (Å²) < 4.78 is 44.1. The molecule has 1 heterocycles. The average molecular weight is 308 g/mol. The van der Waals surface area contributed by atoms with E-state index in [4.69, 9.17) is 4.42 Å². The fourth-order valence-electron chi connectivity index (χ4n) is 1.61. The first kappa shape index (κ1) is 16.6. The quantitative estimate of drug-likeness (QED) is 0.368. The minimum atomic E-state index is -6.00. The van der Waals surface area contributed by atoms with Crippen molar-refractivity contribution in [1.29, 1.82) is 0 Å². The van der Waals surface area contributed by atoms with Gasteiger partial charge in [-0.25, -0.2) is 4.79 Å². The lowest BCUT2D eigenvalue weighted by Crippen LogP contribution is -2.05. The lowest BCUT2D eigenvalue weighted by molar-refractivity contribution is 0.368. The summed E-state index contributed by atoms with van der Waals surface area (Å²) in [5.41, 5.74) is 1.52. The van der Waals surface area contributed by atoms with E-state index < -0.39 is 7.25 Å². The van der Waals surface area contributed by atoms with Crippen molar-refractivity contribution in [3.63, 3.8) is 0 Å². The molecule has 2 aromatic rings. The van der Waals surface area contributed by atoms with Crippen LogP contribution in [0, 0.1) is 0 Å². The van der Waals surface area contributed by atoms with Crippen LogP contribution < -0.4 is 5.63 Å². The smallest absolute Gasteiger partial charge is 0.423 e. The highest BCUT2D eigenvalue weighted by Gasteiger charge is 2.20. The predicted molar refractivity (Wildman–Crippen MR) is 75.6 cm³/mol. The van der Waals surface area contributed by atoms with E-state index in [1.54, 1.807) is 6.07 Å². The van der Waals surface area contributed by atoms with Crippen molar-refractivity contribution in [2.24, 2.45) is 0 Å². The van der Waals surface area contributed by atoms with Crippen molar-refractivity contribution in [1.82, 2.24) is 0 Å². The van der Waals surface area contributed by atoms with E-state index in [2.05, 4.69) is 12.5 Å². The molecular weight excluding hydrogens is 295 g/mol. The van der Waals surface area contributed by atoms with Gasteiger partial charge >= 0.3 is 12.9 Å². The number of hydrogen-bond acceptors (Lipinski definition) is 2. The van der Waals surface area contributed by atoms with Crippen LogP contribution in [0.5, 0.6) is 0 Å². The van der Waals surface area contributed by atoms with Crippen molar-refractivity contribution in [2.75, 3.05) is 12.5 Å². The van der Waals surface area contributed by atoms with E-state index >= 15 is 0 Å². The summed E-state index contributed by atoms with van der Waals surface area (Å²) in [6, 6.07) is 9.29.